The minimum atomic E-state index is 0.574. The van der Waals surface area contributed by atoms with E-state index in [0.717, 1.165) is 49.8 Å². The van der Waals surface area contributed by atoms with E-state index in [1.54, 1.807) is 0 Å². The van der Waals surface area contributed by atoms with Gasteiger partial charge in [-0.3, -0.25) is 0 Å². The van der Waals surface area contributed by atoms with Crippen molar-refractivity contribution in [2.75, 3.05) is 0 Å². The van der Waals surface area contributed by atoms with Gasteiger partial charge in [0.05, 0.1) is 5.56 Å². The third-order valence-corrected chi connectivity index (χ3v) is 7.75. The molecule has 2 aromatic heterocycles. The molecule has 0 aliphatic carbocycles. The van der Waals surface area contributed by atoms with E-state index in [4.69, 9.17) is 19.4 Å². The molecule has 0 saturated carbocycles. The van der Waals surface area contributed by atoms with Gasteiger partial charge in [-0.1, -0.05) is 140 Å². The van der Waals surface area contributed by atoms with Crippen LogP contribution in [0.4, 0.5) is 0 Å². The molecule has 0 bridgehead atoms. The molecule has 0 N–H and O–H groups in total. The predicted molar refractivity (Wildman–Crippen MR) is 174 cm³/mol. The van der Waals surface area contributed by atoms with Gasteiger partial charge in [0.2, 0.25) is 0 Å². The van der Waals surface area contributed by atoms with E-state index in [2.05, 4.69) is 72.8 Å². The molecule has 0 fully saturated rings. The maximum Gasteiger partial charge on any atom is 0.167 e. The highest BCUT2D eigenvalue weighted by Crippen LogP contribution is 2.40. The summed E-state index contributed by atoms with van der Waals surface area (Å²) < 4.78 is 6.76. The summed E-state index contributed by atoms with van der Waals surface area (Å²) in [6.07, 6.45) is 0. The lowest BCUT2D eigenvalue weighted by atomic mass is 9.97. The summed E-state index contributed by atoms with van der Waals surface area (Å²) >= 11 is 0. The van der Waals surface area contributed by atoms with Gasteiger partial charge < -0.3 is 4.42 Å². The third kappa shape index (κ3) is 4.55. The standard InChI is InChI=1S/C39H25N3O/c1-4-13-26(14-5-1)29-19-10-20-30(25-29)31-21-11-22-32-33-23-12-24-34(36(33)43-35(31)32)39-41-37(27-15-6-2-7-16-27)40-38(42-39)28-17-8-3-9-18-28/h1-25H. The Morgan fingerprint density at radius 2 is 0.767 bits per heavy atom. The van der Waals surface area contributed by atoms with Crippen molar-refractivity contribution in [3.05, 3.63) is 152 Å². The van der Waals surface area contributed by atoms with Crippen LogP contribution in [0.15, 0.2) is 156 Å². The van der Waals surface area contributed by atoms with Gasteiger partial charge in [0, 0.05) is 27.5 Å². The highest BCUT2D eigenvalue weighted by Gasteiger charge is 2.19. The Hall–Kier alpha value is -5.87. The summed E-state index contributed by atoms with van der Waals surface area (Å²) in [5, 5.41) is 2.08. The predicted octanol–water partition coefficient (Wildman–Crippen LogP) is 10.1. The second-order valence-corrected chi connectivity index (χ2v) is 10.5. The van der Waals surface area contributed by atoms with E-state index in [1.165, 1.54) is 11.1 Å². The molecule has 0 spiro atoms. The molecule has 0 aliphatic rings. The fraction of sp³-hybridized carbons (Fsp3) is 0. The number of benzene rings is 6. The molecule has 2 heterocycles. The lowest BCUT2D eigenvalue weighted by Gasteiger charge is -2.08. The van der Waals surface area contributed by atoms with Crippen molar-refractivity contribution in [2.45, 2.75) is 0 Å². The summed E-state index contributed by atoms with van der Waals surface area (Å²) in [6.45, 7) is 0. The van der Waals surface area contributed by atoms with Gasteiger partial charge in [0.15, 0.2) is 17.5 Å². The van der Waals surface area contributed by atoms with Crippen molar-refractivity contribution < 1.29 is 4.42 Å². The zero-order valence-corrected chi connectivity index (χ0v) is 23.2. The van der Waals surface area contributed by atoms with Gasteiger partial charge in [-0.15, -0.1) is 0 Å². The van der Waals surface area contributed by atoms with Crippen LogP contribution in [-0.2, 0) is 0 Å². The summed E-state index contributed by atoms with van der Waals surface area (Å²) in [4.78, 5) is 14.8. The van der Waals surface area contributed by atoms with Crippen molar-refractivity contribution in [3.63, 3.8) is 0 Å². The minimum absolute atomic E-state index is 0.574. The van der Waals surface area contributed by atoms with E-state index >= 15 is 0 Å². The van der Waals surface area contributed by atoms with Crippen molar-refractivity contribution in [1.29, 1.82) is 0 Å². The Morgan fingerprint density at radius 3 is 1.37 bits per heavy atom. The smallest absolute Gasteiger partial charge is 0.167 e. The Bertz CT molecular complexity index is 2170. The topological polar surface area (TPSA) is 51.8 Å². The molecule has 6 aromatic carbocycles. The van der Waals surface area contributed by atoms with Crippen molar-refractivity contribution >= 4 is 21.9 Å². The normalized spacial score (nSPS) is 11.3. The van der Waals surface area contributed by atoms with Crippen LogP contribution in [0.25, 0.3) is 78.4 Å². The number of aromatic nitrogens is 3. The molecule has 8 rings (SSSR count). The summed E-state index contributed by atoms with van der Waals surface area (Å²) in [5.41, 5.74) is 8.79. The first-order valence-corrected chi connectivity index (χ1v) is 14.3. The van der Waals surface area contributed by atoms with E-state index in [9.17, 15) is 0 Å². The van der Waals surface area contributed by atoms with Crippen LogP contribution in [0.5, 0.6) is 0 Å². The van der Waals surface area contributed by atoms with Gasteiger partial charge in [-0.05, 0) is 28.8 Å². The van der Waals surface area contributed by atoms with Crippen LogP contribution in [0.2, 0.25) is 0 Å². The van der Waals surface area contributed by atoms with Crippen molar-refractivity contribution in [1.82, 2.24) is 15.0 Å². The first-order valence-electron chi connectivity index (χ1n) is 14.3. The van der Waals surface area contributed by atoms with E-state index in [0.29, 0.717) is 17.5 Å². The molecular weight excluding hydrogens is 526 g/mol. The number of rotatable bonds is 5. The highest BCUT2D eigenvalue weighted by molar-refractivity contribution is 6.12. The molecule has 0 amide bonds. The monoisotopic (exact) mass is 551 g/mol. The average molecular weight is 552 g/mol. The lowest BCUT2D eigenvalue weighted by molar-refractivity contribution is 0.670. The van der Waals surface area contributed by atoms with Gasteiger partial charge in [-0.2, -0.15) is 0 Å². The number of hydrogen-bond acceptors (Lipinski definition) is 4. The van der Waals surface area contributed by atoms with Gasteiger partial charge in [0.1, 0.15) is 11.2 Å². The molecule has 4 nitrogen and oxygen atoms in total. The number of nitrogens with zero attached hydrogens (tertiary/aromatic N) is 3. The average Bonchev–Trinajstić information content (AvgIpc) is 3.48. The van der Waals surface area contributed by atoms with Gasteiger partial charge >= 0.3 is 0 Å². The Balaban J connectivity index is 1.32. The minimum Gasteiger partial charge on any atom is -0.455 e. The SMILES string of the molecule is c1ccc(-c2cccc(-c3cccc4c3oc3c(-c5nc(-c6ccccc6)nc(-c6ccccc6)n5)cccc34)c2)cc1. The van der Waals surface area contributed by atoms with Crippen LogP contribution < -0.4 is 0 Å². The fourth-order valence-corrected chi connectivity index (χ4v) is 5.65. The van der Waals surface area contributed by atoms with Crippen molar-refractivity contribution in [3.8, 4) is 56.4 Å². The summed E-state index contributed by atoms with van der Waals surface area (Å²) in [5.74, 6) is 1.82. The maximum atomic E-state index is 6.76. The lowest BCUT2D eigenvalue weighted by Crippen LogP contribution is -2.00. The molecular formula is C39H25N3O. The molecule has 43 heavy (non-hydrogen) atoms. The highest BCUT2D eigenvalue weighted by atomic mass is 16.3. The summed E-state index contributed by atoms with van der Waals surface area (Å²) in [6, 6.07) is 51.6. The molecule has 0 atom stereocenters. The number of fused-ring (bicyclic) bond motifs is 3. The van der Waals surface area contributed by atoms with E-state index in [1.807, 2.05) is 78.9 Å². The molecule has 0 radical (unpaired) electrons. The molecule has 202 valence electrons. The van der Waals surface area contributed by atoms with E-state index in [-0.39, 0.29) is 0 Å². The van der Waals surface area contributed by atoms with Crippen LogP contribution >= 0.6 is 0 Å². The zero-order chi connectivity index (χ0) is 28.6. The van der Waals surface area contributed by atoms with Crippen LogP contribution in [0.1, 0.15) is 0 Å². The molecule has 0 unspecified atom stereocenters. The molecule has 8 aromatic rings. The second kappa shape index (κ2) is 10.5. The fourth-order valence-electron chi connectivity index (χ4n) is 5.65. The Morgan fingerprint density at radius 1 is 0.326 bits per heavy atom. The third-order valence-electron chi connectivity index (χ3n) is 7.75. The maximum absolute atomic E-state index is 6.76. The largest absolute Gasteiger partial charge is 0.455 e. The number of hydrogen-bond donors (Lipinski definition) is 0. The van der Waals surface area contributed by atoms with Crippen molar-refractivity contribution in [2.24, 2.45) is 0 Å². The van der Waals surface area contributed by atoms with Crippen LogP contribution in [0, 0.1) is 0 Å². The first kappa shape index (κ1) is 24.9. The Labute approximate surface area is 249 Å². The molecule has 0 aliphatic heterocycles. The van der Waals surface area contributed by atoms with Crippen LogP contribution in [0.3, 0.4) is 0 Å². The second-order valence-electron chi connectivity index (χ2n) is 10.5. The molecule has 0 saturated heterocycles. The first-order chi connectivity index (χ1) is 21.3. The zero-order valence-electron chi connectivity index (χ0n) is 23.2. The van der Waals surface area contributed by atoms with Gasteiger partial charge in [-0.25, -0.2) is 15.0 Å². The summed E-state index contributed by atoms with van der Waals surface area (Å²) in [7, 11) is 0. The Kier molecular flexibility index (Phi) is 6.08. The molecule has 4 heteroatoms. The van der Waals surface area contributed by atoms with E-state index < -0.39 is 0 Å². The van der Waals surface area contributed by atoms with Crippen LogP contribution in [-0.4, -0.2) is 15.0 Å². The number of para-hydroxylation sites is 2. The van der Waals surface area contributed by atoms with Gasteiger partial charge in [0.25, 0.3) is 0 Å². The number of furan rings is 1. The quantitative estimate of drug-likeness (QED) is 0.214.